The Morgan fingerprint density at radius 1 is 0.645 bits per heavy atom. The lowest BCUT2D eigenvalue weighted by atomic mass is 9.76. The van der Waals surface area contributed by atoms with Crippen molar-refractivity contribution in [3.8, 4) is 0 Å². The van der Waals surface area contributed by atoms with Crippen LogP contribution in [-0.4, -0.2) is 35.7 Å². The van der Waals surface area contributed by atoms with Crippen LogP contribution in [0.4, 0.5) is 0 Å². The lowest BCUT2D eigenvalue weighted by Gasteiger charge is -2.44. The minimum atomic E-state index is -0.0999. The van der Waals surface area contributed by atoms with Crippen LogP contribution in [0.3, 0.4) is 0 Å². The van der Waals surface area contributed by atoms with E-state index in [1.54, 1.807) is 0 Å². The second-order valence-corrected chi connectivity index (χ2v) is 10.6. The quantitative estimate of drug-likeness (QED) is 0.183. The summed E-state index contributed by atoms with van der Waals surface area (Å²) in [5, 5.41) is 10.6. The van der Waals surface area contributed by atoms with Crippen LogP contribution in [0.2, 0.25) is 0 Å². The van der Waals surface area contributed by atoms with Crippen LogP contribution in [-0.2, 0) is 0 Å². The molecule has 1 aliphatic rings. The van der Waals surface area contributed by atoms with Crippen molar-refractivity contribution in [3.05, 3.63) is 0 Å². The van der Waals surface area contributed by atoms with Gasteiger partial charge in [0.15, 0.2) is 0 Å². The predicted octanol–water partition coefficient (Wildman–Crippen LogP) is 9.08. The van der Waals surface area contributed by atoms with Gasteiger partial charge in [0, 0.05) is 5.54 Å². The summed E-state index contributed by atoms with van der Waals surface area (Å²) in [4.78, 5) is 2.41. The topological polar surface area (TPSA) is 23.5 Å². The maximum atomic E-state index is 10.6. The molecule has 0 aromatic heterocycles. The molecule has 0 radical (unpaired) electrons. The predicted molar refractivity (Wildman–Crippen MR) is 142 cm³/mol. The number of hydrogen-bond donors (Lipinski definition) is 1. The fourth-order valence-corrected chi connectivity index (χ4v) is 5.51. The summed E-state index contributed by atoms with van der Waals surface area (Å²) >= 11 is 0. The molecule has 1 aliphatic carbocycles. The molecule has 0 amide bonds. The molecule has 2 nitrogen and oxygen atoms in total. The first-order chi connectivity index (χ1) is 14.6. The first-order valence-corrected chi connectivity index (χ1v) is 14.0. The van der Waals surface area contributed by atoms with Crippen LogP contribution in [0.15, 0.2) is 0 Å². The number of nitrogens with zero attached hydrogens (tertiary/aromatic N) is 1. The molecule has 1 unspecified atom stereocenters. The van der Waals surface area contributed by atoms with Crippen molar-refractivity contribution in [2.45, 2.75) is 166 Å². The van der Waals surface area contributed by atoms with Gasteiger partial charge in [-0.3, -0.25) is 0 Å². The van der Waals surface area contributed by atoms with Gasteiger partial charge >= 0.3 is 0 Å². The zero-order chi connectivity index (χ0) is 21.9. The summed E-state index contributed by atoms with van der Waals surface area (Å²) in [5.41, 5.74) is 0.271. The average Bonchev–Trinajstić information content (AvgIpc) is 2.74. The Bertz CT molecular complexity index is 368. The van der Waals surface area contributed by atoms with E-state index in [2.05, 4.69) is 25.9 Å². The molecule has 1 saturated carbocycles. The van der Waals surface area contributed by atoms with Crippen LogP contribution in [0.5, 0.6) is 0 Å². The van der Waals surface area contributed by atoms with Gasteiger partial charge in [0.2, 0.25) is 0 Å². The number of halogens is 1. The van der Waals surface area contributed by atoms with Crippen LogP contribution in [0, 0.1) is 0 Å². The third-order valence-electron chi connectivity index (χ3n) is 7.74. The van der Waals surface area contributed by atoms with Crippen molar-refractivity contribution in [3.63, 3.8) is 0 Å². The molecule has 0 spiro atoms. The highest BCUT2D eigenvalue weighted by molar-refractivity contribution is 5.85. The number of rotatable bonds is 20. The summed E-state index contributed by atoms with van der Waals surface area (Å²) in [5.74, 6) is 0. The first-order valence-electron chi connectivity index (χ1n) is 14.0. The highest BCUT2D eigenvalue weighted by Gasteiger charge is 2.35. The normalized spacial score (nSPS) is 16.9. The minimum Gasteiger partial charge on any atom is -0.393 e. The van der Waals surface area contributed by atoms with Gasteiger partial charge in [-0.05, 0) is 39.8 Å². The van der Waals surface area contributed by atoms with Gasteiger partial charge in [-0.2, -0.15) is 0 Å². The SMILES string of the molecule is CCCCCCCCCCCCCCCCCCC(O)CC1(N(C)C)CCCCC1.Cl. The van der Waals surface area contributed by atoms with E-state index in [0.29, 0.717) is 0 Å². The standard InChI is InChI=1S/C28H57NO.ClH/c1-4-5-6-7-8-9-10-11-12-13-14-15-16-17-18-20-23-27(30)26-28(29(2)3)24-21-19-22-25-28;/h27,30H,4-26H2,1-3H3;1H. The monoisotopic (exact) mass is 459 g/mol. The number of unbranched alkanes of at least 4 members (excludes halogenated alkanes) is 15. The summed E-state index contributed by atoms with van der Waals surface area (Å²) < 4.78 is 0. The van der Waals surface area contributed by atoms with E-state index in [1.807, 2.05) is 0 Å². The smallest absolute Gasteiger partial charge is 0.0557 e. The van der Waals surface area contributed by atoms with Crippen molar-refractivity contribution in [1.82, 2.24) is 4.90 Å². The van der Waals surface area contributed by atoms with Gasteiger partial charge in [0.1, 0.15) is 0 Å². The van der Waals surface area contributed by atoms with Gasteiger partial charge in [-0.15, -0.1) is 12.4 Å². The van der Waals surface area contributed by atoms with Crippen molar-refractivity contribution in [2.75, 3.05) is 14.1 Å². The average molecular weight is 460 g/mol. The first kappa shape index (κ1) is 31.2. The Hall–Kier alpha value is 0.210. The fourth-order valence-electron chi connectivity index (χ4n) is 5.51. The molecule has 1 fully saturated rings. The molecule has 0 aromatic rings. The lowest BCUT2D eigenvalue weighted by molar-refractivity contribution is 0.0290. The Morgan fingerprint density at radius 2 is 1.03 bits per heavy atom. The van der Waals surface area contributed by atoms with Gasteiger partial charge in [0.25, 0.3) is 0 Å². The van der Waals surface area contributed by atoms with E-state index in [-0.39, 0.29) is 24.0 Å². The molecule has 0 aromatic carbocycles. The van der Waals surface area contributed by atoms with Crippen LogP contribution in [0.25, 0.3) is 0 Å². The highest BCUT2D eigenvalue weighted by atomic mass is 35.5. The molecule has 188 valence electrons. The van der Waals surface area contributed by atoms with E-state index in [0.717, 1.165) is 12.8 Å². The van der Waals surface area contributed by atoms with E-state index in [9.17, 15) is 5.11 Å². The molecule has 1 N–H and O–H groups in total. The second kappa shape index (κ2) is 20.8. The molecular weight excluding hydrogens is 402 g/mol. The molecule has 3 heteroatoms. The third kappa shape index (κ3) is 15.6. The van der Waals surface area contributed by atoms with E-state index < -0.39 is 0 Å². The minimum absolute atomic E-state index is 0. The van der Waals surface area contributed by atoms with Crippen molar-refractivity contribution in [2.24, 2.45) is 0 Å². The maximum Gasteiger partial charge on any atom is 0.0557 e. The highest BCUT2D eigenvalue weighted by Crippen LogP contribution is 2.36. The molecule has 31 heavy (non-hydrogen) atoms. The van der Waals surface area contributed by atoms with E-state index >= 15 is 0 Å². The van der Waals surface area contributed by atoms with E-state index in [4.69, 9.17) is 0 Å². The summed E-state index contributed by atoms with van der Waals surface area (Å²) in [6, 6.07) is 0. The van der Waals surface area contributed by atoms with Crippen LogP contribution < -0.4 is 0 Å². The molecule has 1 atom stereocenters. The van der Waals surface area contributed by atoms with Crippen molar-refractivity contribution < 1.29 is 5.11 Å². The van der Waals surface area contributed by atoms with Gasteiger partial charge < -0.3 is 10.0 Å². The summed E-state index contributed by atoms with van der Waals surface area (Å²) in [7, 11) is 4.43. The number of aliphatic hydroxyl groups excluding tert-OH is 1. The summed E-state index contributed by atoms with van der Waals surface area (Å²) in [6.07, 6.45) is 31.1. The Morgan fingerprint density at radius 3 is 1.42 bits per heavy atom. The van der Waals surface area contributed by atoms with E-state index in [1.165, 1.54) is 135 Å². The Balaban J connectivity index is 0.00000900. The lowest BCUT2D eigenvalue weighted by Crippen LogP contribution is -2.48. The molecular formula is C28H58ClNO. The zero-order valence-corrected chi connectivity index (χ0v) is 22.5. The number of hydrogen-bond acceptors (Lipinski definition) is 2. The second-order valence-electron chi connectivity index (χ2n) is 10.6. The third-order valence-corrected chi connectivity index (χ3v) is 7.74. The Labute approximate surface area is 202 Å². The molecule has 0 saturated heterocycles. The van der Waals surface area contributed by atoms with Gasteiger partial charge in [0.05, 0.1) is 6.10 Å². The fraction of sp³-hybridized carbons (Fsp3) is 1.00. The van der Waals surface area contributed by atoms with Crippen molar-refractivity contribution >= 4 is 12.4 Å². The molecule has 0 heterocycles. The largest absolute Gasteiger partial charge is 0.393 e. The van der Waals surface area contributed by atoms with Gasteiger partial charge in [-0.25, -0.2) is 0 Å². The maximum absolute atomic E-state index is 10.6. The van der Waals surface area contributed by atoms with Crippen LogP contribution in [0.1, 0.15) is 155 Å². The van der Waals surface area contributed by atoms with Crippen LogP contribution >= 0.6 is 12.4 Å². The zero-order valence-electron chi connectivity index (χ0n) is 21.6. The number of aliphatic hydroxyl groups is 1. The molecule has 0 aliphatic heterocycles. The molecule has 0 bridgehead atoms. The summed E-state index contributed by atoms with van der Waals surface area (Å²) in [6.45, 7) is 2.30. The molecule has 1 rings (SSSR count). The van der Waals surface area contributed by atoms with Crippen molar-refractivity contribution in [1.29, 1.82) is 0 Å². The Kier molecular flexibility index (Phi) is 20.9. The van der Waals surface area contributed by atoms with Gasteiger partial charge in [-0.1, -0.05) is 129 Å².